The number of nitrogens with one attached hydrogen (secondary N) is 2. The summed E-state index contributed by atoms with van der Waals surface area (Å²) < 4.78 is 5.10. The number of aromatic nitrogens is 2. The van der Waals surface area contributed by atoms with Crippen molar-refractivity contribution < 1.29 is 9.53 Å². The van der Waals surface area contributed by atoms with E-state index in [4.69, 9.17) is 4.74 Å². The van der Waals surface area contributed by atoms with Crippen LogP contribution in [0.3, 0.4) is 0 Å². The second kappa shape index (κ2) is 7.65. The number of carbonyl (C=O) groups excluding carboxylic acids is 1. The highest BCUT2D eigenvalue weighted by Gasteiger charge is 2.10. The number of hydrogen-bond donors (Lipinski definition) is 2. The van der Waals surface area contributed by atoms with Crippen LogP contribution in [0.4, 0.5) is 17.2 Å². The van der Waals surface area contributed by atoms with Crippen molar-refractivity contribution in [3.63, 3.8) is 0 Å². The normalized spacial score (nSPS) is 10.3. The predicted molar refractivity (Wildman–Crippen MR) is 102 cm³/mol. The lowest BCUT2D eigenvalue weighted by Crippen LogP contribution is -2.14. The summed E-state index contributed by atoms with van der Waals surface area (Å²) in [6, 6.07) is 16.5. The van der Waals surface area contributed by atoms with Crippen molar-refractivity contribution in [2.24, 2.45) is 0 Å². The Bertz CT molecular complexity index is 886. The summed E-state index contributed by atoms with van der Waals surface area (Å²) in [6.07, 6.45) is 0. The minimum Gasteiger partial charge on any atom is -0.497 e. The number of methoxy groups -OCH3 is 1. The summed E-state index contributed by atoms with van der Waals surface area (Å²) in [6.45, 7) is 4.05. The number of amides is 1. The van der Waals surface area contributed by atoms with Gasteiger partial charge in [-0.1, -0.05) is 18.2 Å². The van der Waals surface area contributed by atoms with Crippen molar-refractivity contribution in [2.75, 3.05) is 17.7 Å². The Kier molecular flexibility index (Phi) is 5.12. The minimum absolute atomic E-state index is 0.243. The van der Waals surface area contributed by atoms with Crippen LogP contribution < -0.4 is 15.4 Å². The van der Waals surface area contributed by atoms with Gasteiger partial charge in [0.05, 0.1) is 7.11 Å². The van der Waals surface area contributed by atoms with Crippen LogP contribution in [0.1, 0.15) is 21.6 Å². The fourth-order valence-corrected chi connectivity index (χ4v) is 2.53. The van der Waals surface area contributed by atoms with Gasteiger partial charge >= 0.3 is 0 Å². The molecule has 0 saturated carbocycles. The van der Waals surface area contributed by atoms with Crippen molar-refractivity contribution >= 4 is 23.1 Å². The van der Waals surface area contributed by atoms with Gasteiger partial charge < -0.3 is 15.4 Å². The van der Waals surface area contributed by atoms with Crippen LogP contribution in [0.15, 0.2) is 54.6 Å². The third-order valence-corrected chi connectivity index (χ3v) is 3.98. The van der Waals surface area contributed by atoms with Crippen molar-refractivity contribution in [3.8, 4) is 5.75 Å². The van der Waals surface area contributed by atoms with Crippen molar-refractivity contribution in [2.45, 2.75) is 13.8 Å². The van der Waals surface area contributed by atoms with Crippen LogP contribution >= 0.6 is 0 Å². The molecule has 0 aliphatic carbocycles. The average Bonchev–Trinajstić information content (AvgIpc) is 2.66. The quantitative estimate of drug-likeness (QED) is 0.726. The molecule has 0 saturated heterocycles. The van der Waals surface area contributed by atoms with E-state index in [0.29, 0.717) is 11.5 Å². The number of aryl methyl sites for hydroxylation is 2. The van der Waals surface area contributed by atoms with Gasteiger partial charge in [0, 0.05) is 11.4 Å². The lowest BCUT2D eigenvalue weighted by molar-refractivity contribution is 0.102. The van der Waals surface area contributed by atoms with Crippen molar-refractivity contribution in [1.82, 2.24) is 10.2 Å². The van der Waals surface area contributed by atoms with Crippen molar-refractivity contribution in [1.29, 1.82) is 0 Å². The first-order chi connectivity index (χ1) is 12.6. The highest BCUT2D eigenvalue weighted by molar-refractivity contribution is 6.02. The van der Waals surface area contributed by atoms with Gasteiger partial charge in [-0.15, -0.1) is 10.2 Å². The number of ether oxygens (including phenoxy) is 1. The molecule has 0 aliphatic heterocycles. The fraction of sp³-hybridized carbons (Fsp3) is 0.150. The molecule has 0 radical (unpaired) electrons. The maximum atomic E-state index is 12.3. The Balaban J connectivity index is 1.69. The van der Waals surface area contributed by atoms with Crippen molar-refractivity contribution in [3.05, 3.63) is 71.4 Å². The van der Waals surface area contributed by atoms with Crippen LogP contribution in [0.2, 0.25) is 0 Å². The molecular formula is C20H20N4O2. The molecule has 3 aromatic rings. The van der Waals surface area contributed by atoms with Gasteiger partial charge in [-0.05, 0) is 61.4 Å². The van der Waals surface area contributed by atoms with E-state index in [1.807, 2.05) is 32.0 Å². The van der Waals surface area contributed by atoms with Gasteiger partial charge in [0.25, 0.3) is 5.91 Å². The molecule has 0 bridgehead atoms. The number of para-hydroxylation sites is 1. The van der Waals surface area contributed by atoms with E-state index >= 15 is 0 Å². The SMILES string of the molecule is COc1ccc(NC(=O)c2ccc(Nc3c(C)cccc3C)nn2)cc1. The topological polar surface area (TPSA) is 76.1 Å². The summed E-state index contributed by atoms with van der Waals surface area (Å²) in [5.74, 6) is 0.995. The lowest BCUT2D eigenvalue weighted by atomic mass is 10.1. The van der Waals surface area contributed by atoms with Gasteiger partial charge in [-0.3, -0.25) is 4.79 Å². The van der Waals surface area contributed by atoms with Gasteiger partial charge in [0.15, 0.2) is 11.5 Å². The lowest BCUT2D eigenvalue weighted by Gasteiger charge is -2.11. The minimum atomic E-state index is -0.318. The Morgan fingerprint density at radius 3 is 2.19 bits per heavy atom. The molecule has 0 fully saturated rings. The Morgan fingerprint density at radius 2 is 1.62 bits per heavy atom. The first kappa shape index (κ1) is 17.4. The molecular weight excluding hydrogens is 328 g/mol. The number of carbonyl (C=O) groups is 1. The smallest absolute Gasteiger partial charge is 0.276 e. The predicted octanol–water partition coefficient (Wildman–Crippen LogP) is 4.10. The summed E-state index contributed by atoms with van der Waals surface area (Å²) >= 11 is 0. The third-order valence-electron chi connectivity index (χ3n) is 3.98. The van der Waals surface area contributed by atoms with Crippen LogP contribution in [-0.4, -0.2) is 23.2 Å². The number of nitrogens with zero attached hydrogens (tertiary/aromatic N) is 2. The third kappa shape index (κ3) is 3.97. The second-order valence-electron chi connectivity index (χ2n) is 5.88. The first-order valence-electron chi connectivity index (χ1n) is 8.19. The Labute approximate surface area is 152 Å². The molecule has 0 unspecified atom stereocenters. The van der Waals surface area contributed by atoms with E-state index < -0.39 is 0 Å². The summed E-state index contributed by atoms with van der Waals surface area (Å²) in [5, 5.41) is 14.1. The molecule has 0 atom stereocenters. The molecule has 1 heterocycles. The Hall–Kier alpha value is -3.41. The number of hydrogen-bond acceptors (Lipinski definition) is 5. The largest absolute Gasteiger partial charge is 0.497 e. The monoisotopic (exact) mass is 348 g/mol. The zero-order valence-electron chi connectivity index (χ0n) is 14.9. The van der Waals surface area contributed by atoms with Gasteiger partial charge in [-0.2, -0.15) is 0 Å². The highest BCUT2D eigenvalue weighted by Crippen LogP contribution is 2.23. The number of anilines is 3. The molecule has 0 spiro atoms. The van der Waals surface area contributed by atoms with E-state index in [0.717, 1.165) is 22.6 Å². The number of benzene rings is 2. The average molecular weight is 348 g/mol. The van der Waals surface area contributed by atoms with Gasteiger partial charge in [-0.25, -0.2) is 0 Å². The summed E-state index contributed by atoms with van der Waals surface area (Å²) in [4.78, 5) is 12.3. The molecule has 2 aromatic carbocycles. The zero-order chi connectivity index (χ0) is 18.5. The van der Waals surface area contributed by atoms with Gasteiger partial charge in [0.2, 0.25) is 0 Å². The first-order valence-corrected chi connectivity index (χ1v) is 8.19. The van der Waals surface area contributed by atoms with Crippen LogP contribution in [0, 0.1) is 13.8 Å². The number of rotatable bonds is 5. The maximum Gasteiger partial charge on any atom is 0.276 e. The Morgan fingerprint density at radius 1 is 0.923 bits per heavy atom. The molecule has 6 nitrogen and oxygen atoms in total. The molecule has 0 aliphatic rings. The molecule has 132 valence electrons. The zero-order valence-corrected chi connectivity index (χ0v) is 14.9. The standard InChI is InChI=1S/C20H20N4O2/c1-13-5-4-6-14(2)19(13)22-18-12-11-17(23-24-18)20(25)21-15-7-9-16(26-3)10-8-15/h4-12H,1-3H3,(H,21,25)(H,22,24). The molecule has 2 N–H and O–H groups in total. The highest BCUT2D eigenvalue weighted by atomic mass is 16.5. The maximum absolute atomic E-state index is 12.3. The molecule has 1 amide bonds. The van der Waals surface area contributed by atoms with E-state index in [1.54, 1.807) is 43.5 Å². The van der Waals surface area contributed by atoms with Crippen LogP contribution in [0.25, 0.3) is 0 Å². The second-order valence-corrected chi connectivity index (χ2v) is 5.88. The summed E-state index contributed by atoms with van der Waals surface area (Å²) in [5.41, 5.74) is 4.14. The summed E-state index contributed by atoms with van der Waals surface area (Å²) in [7, 11) is 1.59. The van der Waals surface area contributed by atoms with Crippen LogP contribution in [0.5, 0.6) is 5.75 Å². The molecule has 1 aromatic heterocycles. The molecule has 6 heteroatoms. The van der Waals surface area contributed by atoms with Gasteiger partial charge in [0.1, 0.15) is 5.75 Å². The van der Waals surface area contributed by atoms with E-state index in [9.17, 15) is 4.79 Å². The fourth-order valence-electron chi connectivity index (χ4n) is 2.53. The van der Waals surface area contributed by atoms with E-state index in [1.165, 1.54) is 0 Å². The van der Waals surface area contributed by atoms with Crippen LogP contribution in [-0.2, 0) is 0 Å². The molecule has 26 heavy (non-hydrogen) atoms. The van der Waals surface area contributed by atoms with E-state index in [-0.39, 0.29) is 11.6 Å². The van der Waals surface area contributed by atoms with E-state index in [2.05, 4.69) is 20.8 Å². The molecule has 3 rings (SSSR count).